The molecule has 2 N–H and O–H groups in total. The molecule has 3 heteroatoms. The zero-order valence-electron chi connectivity index (χ0n) is 11.3. The molecule has 0 aliphatic rings. The SMILES string of the molecule is CC(C)(C)CNCCc1c[nH]c2cccc(Cl)c12. The van der Waals surface area contributed by atoms with Crippen LogP contribution in [0.4, 0.5) is 0 Å². The summed E-state index contributed by atoms with van der Waals surface area (Å²) in [5.41, 5.74) is 2.74. The number of benzene rings is 1. The molecular weight excluding hydrogens is 244 g/mol. The summed E-state index contributed by atoms with van der Waals surface area (Å²) in [5.74, 6) is 0. The van der Waals surface area contributed by atoms with Crippen molar-refractivity contribution in [3.8, 4) is 0 Å². The van der Waals surface area contributed by atoms with Gasteiger partial charge in [-0.25, -0.2) is 0 Å². The van der Waals surface area contributed by atoms with Crippen molar-refractivity contribution >= 4 is 22.5 Å². The van der Waals surface area contributed by atoms with Crippen molar-refractivity contribution in [2.45, 2.75) is 27.2 Å². The fraction of sp³-hybridized carbons (Fsp3) is 0.467. The Morgan fingerprint density at radius 1 is 1.28 bits per heavy atom. The lowest BCUT2D eigenvalue weighted by Gasteiger charge is -2.18. The highest BCUT2D eigenvalue weighted by Crippen LogP contribution is 2.26. The Hall–Kier alpha value is -0.990. The van der Waals surface area contributed by atoms with Gasteiger partial charge < -0.3 is 10.3 Å². The van der Waals surface area contributed by atoms with E-state index < -0.39 is 0 Å². The van der Waals surface area contributed by atoms with Crippen LogP contribution in [0.15, 0.2) is 24.4 Å². The van der Waals surface area contributed by atoms with E-state index in [9.17, 15) is 0 Å². The summed E-state index contributed by atoms with van der Waals surface area (Å²) in [6.07, 6.45) is 3.06. The van der Waals surface area contributed by atoms with Crippen LogP contribution >= 0.6 is 11.6 Å². The fourth-order valence-electron chi connectivity index (χ4n) is 2.09. The number of hydrogen-bond acceptors (Lipinski definition) is 1. The second-order valence-corrected chi connectivity index (χ2v) is 6.37. The standard InChI is InChI=1S/C15H21ClN2/c1-15(2,3)10-17-8-7-11-9-18-13-6-4-5-12(16)14(11)13/h4-6,9,17-18H,7-8,10H2,1-3H3. The molecule has 1 aromatic carbocycles. The minimum atomic E-state index is 0.331. The fourth-order valence-corrected chi connectivity index (χ4v) is 2.39. The largest absolute Gasteiger partial charge is 0.361 e. The second kappa shape index (κ2) is 5.33. The minimum absolute atomic E-state index is 0.331. The van der Waals surface area contributed by atoms with E-state index in [-0.39, 0.29) is 0 Å². The molecule has 98 valence electrons. The second-order valence-electron chi connectivity index (χ2n) is 5.96. The maximum atomic E-state index is 6.25. The third-order valence-electron chi connectivity index (χ3n) is 2.96. The lowest BCUT2D eigenvalue weighted by Crippen LogP contribution is -2.28. The normalized spacial score (nSPS) is 12.2. The van der Waals surface area contributed by atoms with Crippen molar-refractivity contribution in [2.24, 2.45) is 5.41 Å². The first kappa shape index (κ1) is 13.4. The molecular formula is C15H21ClN2. The summed E-state index contributed by atoms with van der Waals surface area (Å²) in [4.78, 5) is 3.27. The zero-order valence-corrected chi connectivity index (χ0v) is 12.1. The smallest absolute Gasteiger partial charge is 0.0502 e. The van der Waals surface area contributed by atoms with Crippen LogP contribution in [0, 0.1) is 5.41 Å². The number of hydrogen-bond donors (Lipinski definition) is 2. The summed E-state index contributed by atoms with van der Waals surface area (Å²) >= 11 is 6.25. The average molecular weight is 265 g/mol. The third kappa shape index (κ3) is 3.27. The van der Waals surface area contributed by atoms with Crippen LogP contribution < -0.4 is 5.32 Å². The first-order valence-corrected chi connectivity index (χ1v) is 6.80. The van der Waals surface area contributed by atoms with Gasteiger partial charge in [0, 0.05) is 23.6 Å². The molecule has 0 aliphatic heterocycles. The number of aromatic nitrogens is 1. The lowest BCUT2D eigenvalue weighted by atomic mass is 9.97. The summed E-state index contributed by atoms with van der Waals surface area (Å²) in [7, 11) is 0. The van der Waals surface area contributed by atoms with Gasteiger partial charge in [-0.2, -0.15) is 0 Å². The Morgan fingerprint density at radius 2 is 2.06 bits per heavy atom. The van der Waals surface area contributed by atoms with Gasteiger partial charge in [0.25, 0.3) is 0 Å². The molecule has 0 amide bonds. The van der Waals surface area contributed by atoms with Crippen LogP contribution in [0.3, 0.4) is 0 Å². The highest BCUT2D eigenvalue weighted by atomic mass is 35.5. The predicted molar refractivity (Wildman–Crippen MR) is 79.3 cm³/mol. The summed E-state index contributed by atoms with van der Waals surface area (Å²) in [5, 5.41) is 5.49. The molecule has 0 aliphatic carbocycles. The Labute approximate surface area is 114 Å². The molecule has 1 aromatic heterocycles. The minimum Gasteiger partial charge on any atom is -0.361 e. The molecule has 0 bridgehead atoms. The number of H-pyrrole nitrogens is 1. The molecule has 0 saturated heterocycles. The maximum Gasteiger partial charge on any atom is 0.0502 e. The van der Waals surface area contributed by atoms with Gasteiger partial charge in [0.1, 0.15) is 0 Å². The number of nitrogens with one attached hydrogen (secondary N) is 2. The third-order valence-corrected chi connectivity index (χ3v) is 3.28. The van der Waals surface area contributed by atoms with Gasteiger partial charge in [0.05, 0.1) is 5.02 Å². The molecule has 1 heterocycles. The lowest BCUT2D eigenvalue weighted by molar-refractivity contribution is 0.382. The predicted octanol–water partition coefficient (Wildman–Crippen LogP) is 4.00. The van der Waals surface area contributed by atoms with Crippen molar-refractivity contribution in [1.82, 2.24) is 10.3 Å². The molecule has 0 atom stereocenters. The van der Waals surface area contributed by atoms with Crippen molar-refractivity contribution in [2.75, 3.05) is 13.1 Å². The van der Waals surface area contributed by atoms with Crippen molar-refractivity contribution in [3.63, 3.8) is 0 Å². The molecule has 2 nitrogen and oxygen atoms in total. The molecule has 0 saturated carbocycles. The monoisotopic (exact) mass is 264 g/mol. The highest BCUT2D eigenvalue weighted by molar-refractivity contribution is 6.35. The number of aromatic amines is 1. The molecule has 2 aromatic rings. The van der Waals surface area contributed by atoms with Crippen molar-refractivity contribution in [3.05, 3.63) is 35.0 Å². The average Bonchev–Trinajstić information content (AvgIpc) is 2.68. The zero-order chi connectivity index (χ0) is 13.2. The number of halogens is 1. The Morgan fingerprint density at radius 3 is 2.78 bits per heavy atom. The Kier molecular flexibility index (Phi) is 3.98. The first-order chi connectivity index (χ1) is 8.47. The van der Waals surface area contributed by atoms with E-state index in [0.29, 0.717) is 5.41 Å². The number of fused-ring (bicyclic) bond motifs is 1. The molecule has 0 unspecified atom stereocenters. The highest BCUT2D eigenvalue weighted by Gasteiger charge is 2.10. The van der Waals surface area contributed by atoms with E-state index in [4.69, 9.17) is 11.6 Å². The summed E-state index contributed by atoms with van der Waals surface area (Å²) in [6.45, 7) is 8.73. The molecule has 18 heavy (non-hydrogen) atoms. The van der Waals surface area contributed by atoms with Crippen LogP contribution in [0.5, 0.6) is 0 Å². The van der Waals surface area contributed by atoms with Crippen LogP contribution in [0.2, 0.25) is 5.02 Å². The van der Waals surface area contributed by atoms with Crippen LogP contribution in [0.1, 0.15) is 26.3 Å². The van der Waals surface area contributed by atoms with E-state index >= 15 is 0 Å². The van der Waals surface area contributed by atoms with E-state index in [1.807, 2.05) is 12.1 Å². The van der Waals surface area contributed by atoms with Gasteiger partial charge in [-0.05, 0) is 36.1 Å². The van der Waals surface area contributed by atoms with Crippen molar-refractivity contribution in [1.29, 1.82) is 0 Å². The van der Waals surface area contributed by atoms with E-state index in [0.717, 1.165) is 35.4 Å². The van der Waals surface area contributed by atoms with Gasteiger partial charge in [-0.1, -0.05) is 38.4 Å². The molecule has 0 fully saturated rings. The van der Waals surface area contributed by atoms with Crippen LogP contribution in [-0.4, -0.2) is 18.1 Å². The van der Waals surface area contributed by atoms with Gasteiger partial charge in [-0.15, -0.1) is 0 Å². The molecule has 0 radical (unpaired) electrons. The van der Waals surface area contributed by atoms with Gasteiger partial charge in [0.15, 0.2) is 0 Å². The summed E-state index contributed by atoms with van der Waals surface area (Å²) in [6, 6.07) is 5.99. The maximum absolute atomic E-state index is 6.25. The van der Waals surface area contributed by atoms with Crippen LogP contribution in [0.25, 0.3) is 10.9 Å². The number of rotatable bonds is 4. The quantitative estimate of drug-likeness (QED) is 0.803. The molecule has 2 rings (SSSR count). The molecule has 0 spiro atoms. The van der Waals surface area contributed by atoms with E-state index in [1.54, 1.807) is 0 Å². The van der Waals surface area contributed by atoms with Gasteiger partial charge in [0.2, 0.25) is 0 Å². The summed E-state index contributed by atoms with van der Waals surface area (Å²) < 4.78 is 0. The Bertz CT molecular complexity index is 523. The van der Waals surface area contributed by atoms with Gasteiger partial charge in [-0.3, -0.25) is 0 Å². The van der Waals surface area contributed by atoms with E-state index in [2.05, 4.69) is 43.3 Å². The van der Waals surface area contributed by atoms with Crippen molar-refractivity contribution < 1.29 is 0 Å². The topological polar surface area (TPSA) is 27.8 Å². The van der Waals surface area contributed by atoms with Crippen LogP contribution in [-0.2, 0) is 6.42 Å². The first-order valence-electron chi connectivity index (χ1n) is 6.42. The van der Waals surface area contributed by atoms with E-state index in [1.165, 1.54) is 5.56 Å². The Balaban J connectivity index is 2.00. The van der Waals surface area contributed by atoms with Gasteiger partial charge >= 0.3 is 0 Å².